The van der Waals surface area contributed by atoms with E-state index in [4.69, 9.17) is 23.2 Å². The maximum absolute atomic E-state index is 6.44. The fraction of sp³-hybridized carbons (Fsp3) is 0.235. The number of hydrogen-bond donors (Lipinski definition) is 1. The number of benzene rings is 1. The third-order valence-corrected chi connectivity index (χ3v) is 4.95. The molecule has 0 saturated heterocycles. The molecule has 2 aliphatic rings. The summed E-state index contributed by atoms with van der Waals surface area (Å²) in [4.78, 5) is 4.25. The molecule has 4 rings (SSSR count). The first kappa shape index (κ1) is 13.2. The SMILES string of the molecule is Clc1cc(Cl)c2c(c1)N[C@H](c1cccnc1)[C@@H]1CC=C[C@H]21. The molecule has 1 N–H and O–H groups in total. The van der Waals surface area contributed by atoms with E-state index in [-0.39, 0.29) is 6.04 Å². The van der Waals surface area contributed by atoms with Gasteiger partial charge < -0.3 is 5.32 Å². The molecule has 21 heavy (non-hydrogen) atoms. The number of pyridine rings is 1. The molecule has 4 heteroatoms. The Bertz CT molecular complexity index is 712. The molecule has 0 spiro atoms. The first-order chi connectivity index (χ1) is 10.2. The average molecular weight is 317 g/mol. The molecule has 1 aromatic carbocycles. The van der Waals surface area contributed by atoms with Gasteiger partial charge in [-0.1, -0.05) is 41.4 Å². The van der Waals surface area contributed by atoms with E-state index in [1.807, 2.05) is 24.4 Å². The highest BCUT2D eigenvalue weighted by atomic mass is 35.5. The van der Waals surface area contributed by atoms with Gasteiger partial charge in [0.15, 0.2) is 0 Å². The van der Waals surface area contributed by atoms with Gasteiger partial charge in [-0.05, 0) is 36.1 Å². The Hall–Kier alpha value is -1.51. The number of hydrogen-bond acceptors (Lipinski definition) is 2. The van der Waals surface area contributed by atoms with E-state index in [2.05, 4.69) is 28.5 Å². The highest BCUT2D eigenvalue weighted by Crippen LogP contribution is 2.52. The van der Waals surface area contributed by atoms with E-state index >= 15 is 0 Å². The molecular formula is C17H14Cl2N2. The van der Waals surface area contributed by atoms with Crippen LogP contribution in [0.5, 0.6) is 0 Å². The lowest BCUT2D eigenvalue weighted by Crippen LogP contribution is -2.29. The second-order valence-electron chi connectivity index (χ2n) is 5.61. The van der Waals surface area contributed by atoms with Crippen molar-refractivity contribution in [3.05, 3.63) is 70.0 Å². The van der Waals surface area contributed by atoms with Crippen LogP contribution in [0.4, 0.5) is 5.69 Å². The average Bonchev–Trinajstić information content (AvgIpc) is 2.95. The van der Waals surface area contributed by atoms with E-state index in [1.54, 1.807) is 6.20 Å². The number of rotatable bonds is 1. The van der Waals surface area contributed by atoms with Crippen LogP contribution >= 0.6 is 23.2 Å². The summed E-state index contributed by atoms with van der Waals surface area (Å²) >= 11 is 12.6. The molecule has 1 aliphatic carbocycles. The lowest BCUT2D eigenvalue weighted by Gasteiger charge is -2.37. The van der Waals surface area contributed by atoms with Gasteiger partial charge in [-0.3, -0.25) is 4.98 Å². The molecule has 1 aromatic heterocycles. The van der Waals surface area contributed by atoms with Crippen LogP contribution in [-0.4, -0.2) is 4.98 Å². The molecule has 0 unspecified atom stereocenters. The molecule has 0 amide bonds. The highest BCUT2D eigenvalue weighted by molar-refractivity contribution is 6.35. The molecule has 0 saturated carbocycles. The molecular weight excluding hydrogens is 303 g/mol. The summed E-state index contributed by atoms with van der Waals surface area (Å²) in [6.07, 6.45) is 9.31. The number of halogens is 2. The van der Waals surface area contributed by atoms with Crippen LogP contribution in [0.2, 0.25) is 10.0 Å². The summed E-state index contributed by atoms with van der Waals surface area (Å²) in [5.74, 6) is 0.816. The zero-order valence-corrected chi connectivity index (χ0v) is 12.8. The van der Waals surface area contributed by atoms with Gasteiger partial charge in [-0.25, -0.2) is 0 Å². The van der Waals surface area contributed by atoms with Crippen molar-refractivity contribution in [2.24, 2.45) is 5.92 Å². The van der Waals surface area contributed by atoms with Crippen molar-refractivity contribution in [3.8, 4) is 0 Å². The first-order valence-electron chi connectivity index (χ1n) is 7.06. The normalized spacial score (nSPS) is 26.1. The van der Waals surface area contributed by atoms with Gasteiger partial charge in [-0.2, -0.15) is 0 Å². The molecule has 3 atom stereocenters. The van der Waals surface area contributed by atoms with Crippen molar-refractivity contribution in [3.63, 3.8) is 0 Å². The summed E-state index contributed by atoms with van der Waals surface area (Å²) in [7, 11) is 0. The Labute approximate surface area is 133 Å². The topological polar surface area (TPSA) is 24.9 Å². The monoisotopic (exact) mass is 316 g/mol. The van der Waals surface area contributed by atoms with Gasteiger partial charge in [0.2, 0.25) is 0 Å². The van der Waals surface area contributed by atoms with Gasteiger partial charge >= 0.3 is 0 Å². The molecule has 1 aliphatic heterocycles. The summed E-state index contributed by atoms with van der Waals surface area (Å²) in [6.45, 7) is 0. The van der Waals surface area contributed by atoms with E-state index in [9.17, 15) is 0 Å². The second kappa shape index (κ2) is 5.04. The van der Waals surface area contributed by atoms with Crippen molar-refractivity contribution in [2.75, 3.05) is 5.32 Å². The van der Waals surface area contributed by atoms with Gasteiger partial charge in [0, 0.05) is 39.6 Å². The fourth-order valence-electron chi connectivity index (χ4n) is 3.53. The Balaban J connectivity index is 1.84. The largest absolute Gasteiger partial charge is 0.378 e. The van der Waals surface area contributed by atoms with Crippen molar-refractivity contribution in [2.45, 2.75) is 18.4 Å². The van der Waals surface area contributed by atoms with E-state index in [1.165, 1.54) is 11.1 Å². The van der Waals surface area contributed by atoms with Crippen LogP contribution in [0.1, 0.15) is 29.5 Å². The third-order valence-electron chi connectivity index (χ3n) is 4.42. The van der Waals surface area contributed by atoms with Crippen LogP contribution in [0.15, 0.2) is 48.8 Å². The third kappa shape index (κ3) is 2.14. The number of aromatic nitrogens is 1. The zero-order valence-electron chi connectivity index (χ0n) is 11.3. The van der Waals surface area contributed by atoms with Crippen LogP contribution < -0.4 is 5.32 Å². The van der Waals surface area contributed by atoms with Crippen LogP contribution in [0.25, 0.3) is 0 Å². The van der Waals surface area contributed by atoms with Gasteiger partial charge in [0.25, 0.3) is 0 Å². The summed E-state index contributed by atoms with van der Waals surface area (Å²) in [5.41, 5.74) is 3.41. The predicted octanol–water partition coefficient (Wildman–Crippen LogP) is 5.21. The van der Waals surface area contributed by atoms with Crippen molar-refractivity contribution >= 4 is 28.9 Å². The van der Waals surface area contributed by atoms with Crippen LogP contribution in [0, 0.1) is 5.92 Å². The lowest BCUT2D eigenvalue weighted by molar-refractivity contribution is 0.425. The quantitative estimate of drug-likeness (QED) is 0.730. The number of allylic oxidation sites excluding steroid dienone is 2. The van der Waals surface area contributed by atoms with Crippen molar-refractivity contribution < 1.29 is 0 Å². The first-order valence-corrected chi connectivity index (χ1v) is 7.81. The van der Waals surface area contributed by atoms with Gasteiger partial charge in [0.1, 0.15) is 0 Å². The molecule has 0 radical (unpaired) electrons. The van der Waals surface area contributed by atoms with Gasteiger partial charge in [0.05, 0.1) is 6.04 Å². The van der Waals surface area contributed by atoms with E-state index in [0.29, 0.717) is 16.9 Å². The predicted molar refractivity (Wildman–Crippen MR) is 87.1 cm³/mol. The lowest BCUT2D eigenvalue weighted by atomic mass is 9.77. The Kier molecular flexibility index (Phi) is 3.16. The molecule has 2 aromatic rings. The Morgan fingerprint density at radius 3 is 2.95 bits per heavy atom. The van der Waals surface area contributed by atoms with Crippen molar-refractivity contribution in [1.29, 1.82) is 0 Å². The molecule has 106 valence electrons. The minimum Gasteiger partial charge on any atom is -0.378 e. The summed E-state index contributed by atoms with van der Waals surface area (Å²) in [5, 5.41) is 5.03. The number of anilines is 1. The smallest absolute Gasteiger partial charge is 0.0569 e. The van der Waals surface area contributed by atoms with Crippen LogP contribution in [-0.2, 0) is 0 Å². The zero-order chi connectivity index (χ0) is 14.4. The number of nitrogens with one attached hydrogen (secondary N) is 1. The Morgan fingerprint density at radius 2 is 2.14 bits per heavy atom. The summed E-state index contributed by atoms with van der Waals surface area (Å²) in [6, 6.07) is 8.14. The minimum atomic E-state index is 0.237. The van der Waals surface area contributed by atoms with Gasteiger partial charge in [-0.15, -0.1) is 0 Å². The molecule has 0 bridgehead atoms. The minimum absolute atomic E-state index is 0.237. The standard InChI is InChI=1S/C17H14Cl2N2/c18-11-7-14(19)16-12-4-1-5-13(12)17(21-15(16)8-11)10-3-2-6-20-9-10/h1-4,6-9,12-13,17,21H,5H2/t12-,13+,17+/m0/s1. The highest BCUT2D eigenvalue weighted by Gasteiger charge is 2.39. The fourth-order valence-corrected chi connectivity index (χ4v) is 4.15. The number of fused-ring (bicyclic) bond motifs is 3. The maximum atomic E-state index is 6.44. The molecule has 2 heterocycles. The van der Waals surface area contributed by atoms with E-state index in [0.717, 1.165) is 17.1 Å². The molecule has 2 nitrogen and oxygen atoms in total. The maximum Gasteiger partial charge on any atom is 0.0569 e. The van der Waals surface area contributed by atoms with Crippen LogP contribution in [0.3, 0.4) is 0 Å². The molecule has 0 fully saturated rings. The van der Waals surface area contributed by atoms with E-state index < -0.39 is 0 Å². The summed E-state index contributed by atoms with van der Waals surface area (Å²) < 4.78 is 0. The Morgan fingerprint density at radius 1 is 1.24 bits per heavy atom. The second-order valence-corrected chi connectivity index (χ2v) is 6.45. The number of nitrogens with zero attached hydrogens (tertiary/aromatic N) is 1. The van der Waals surface area contributed by atoms with Crippen molar-refractivity contribution in [1.82, 2.24) is 4.98 Å².